The first-order chi connectivity index (χ1) is 18.2. The Bertz CT molecular complexity index is 1180. The SMILES string of the molecule is C/C=C/c1cccc(-c2nc(C(=O)NCCN3CCCCC3)cc3c2[C@H](CCO)N([S@@](=O)C(C)(C)C)C3)c1. The zero-order valence-corrected chi connectivity index (χ0v) is 24.0. The minimum atomic E-state index is -1.29. The largest absolute Gasteiger partial charge is 0.396 e. The molecule has 0 aliphatic carbocycles. The van der Waals surface area contributed by atoms with Crippen molar-refractivity contribution in [2.24, 2.45) is 0 Å². The molecule has 1 fully saturated rings. The van der Waals surface area contributed by atoms with Crippen molar-refractivity contribution in [1.29, 1.82) is 0 Å². The lowest BCUT2D eigenvalue weighted by molar-refractivity contribution is 0.0941. The lowest BCUT2D eigenvalue weighted by Crippen LogP contribution is -2.37. The Balaban J connectivity index is 1.71. The number of aliphatic hydroxyl groups is 1. The molecule has 1 aromatic carbocycles. The van der Waals surface area contributed by atoms with Gasteiger partial charge in [-0.3, -0.25) is 4.79 Å². The molecule has 2 aliphatic rings. The van der Waals surface area contributed by atoms with Crippen LogP contribution in [0.3, 0.4) is 0 Å². The number of hydrogen-bond acceptors (Lipinski definition) is 5. The molecular formula is C30H42N4O3S. The molecule has 4 rings (SSSR count). The molecule has 3 heterocycles. The second-order valence-corrected chi connectivity index (χ2v) is 13.4. The summed E-state index contributed by atoms with van der Waals surface area (Å²) in [4.78, 5) is 20.6. The van der Waals surface area contributed by atoms with Crippen LogP contribution in [0.4, 0.5) is 0 Å². The summed E-state index contributed by atoms with van der Waals surface area (Å²) in [7, 11) is -1.29. The fraction of sp³-hybridized carbons (Fsp3) is 0.533. The maximum atomic E-state index is 13.6. The van der Waals surface area contributed by atoms with Gasteiger partial charge in [0.1, 0.15) is 16.7 Å². The van der Waals surface area contributed by atoms with Crippen molar-refractivity contribution in [3.05, 3.63) is 58.8 Å². The van der Waals surface area contributed by atoms with Crippen LogP contribution in [0.5, 0.6) is 0 Å². The van der Waals surface area contributed by atoms with Crippen molar-refractivity contribution in [3.8, 4) is 11.3 Å². The third-order valence-corrected chi connectivity index (χ3v) is 9.06. The van der Waals surface area contributed by atoms with Gasteiger partial charge in [0.2, 0.25) is 0 Å². The molecule has 0 spiro atoms. The van der Waals surface area contributed by atoms with Gasteiger partial charge in [-0.05, 0) is 83.3 Å². The number of amides is 1. The van der Waals surface area contributed by atoms with Crippen LogP contribution in [0.2, 0.25) is 0 Å². The summed E-state index contributed by atoms with van der Waals surface area (Å²) < 4.78 is 15.1. The fourth-order valence-corrected chi connectivity index (χ4v) is 6.79. The summed E-state index contributed by atoms with van der Waals surface area (Å²) in [6.07, 6.45) is 8.20. The van der Waals surface area contributed by atoms with Gasteiger partial charge >= 0.3 is 0 Å². The van der Waals surface area contributed by atoms with Crippen LogP contribution in [0.25, 0.3) is 17.3 Å². The number of aromatic nitrogens is 1. The minimum absolute atomic E-state index is 0.0290. The predicted octanol–water partition coefficient (Wildman–Crippen LogP) is 4.70. The number of likely N-dealkylation sites (tertiary alicyclic amines) is 1. The summed E-state index contributed by atoms with van der Waals surface area (Å²) in [5.74, 6) is -0.190. The summed E-state index contributed by atoms with van der Waals surface area (Å²) in [6.45, 7) is 11.9. The molecular weight excluding hydrogens is 496 g/mol. The van der Waals surface area contributed by atoms with Gasteiger partial charge in [-0.2, -0.15) is 0 Å². The van der Waals surface area contributed by atoms with Crippen molar-refractivity contribution >= 4 is 23.0 Å². The molecule has 8 heteroatoms. The topological polar surface area (TPSA) is 85.8 Å². The number of fused-ring (bicyclic) bond motifs is 1. The second-order valence-electron chi connectivity index (χ2n) is 11.2. The number of aliphatic hydroxyl groups excluding tert-OH is 1. The number of benzene rings is 1. The highest BCUT2D eigenvalue weighted by Crippen LogP contribution is 2.44. The number of allylic oxidation sites excluding steroid dienone is 1. The number of piperidine rings is 1. The fourth-order valence-electron chi connectivity index (χ4n) is 5.39. The molecule has 7 nitrogen and oxygen atoms in total. The zero-order chi connectivity index (χ0) is 27.3. The number of nitrogens with one attached hydrogen (secondary N) is 1. The Hall–Kier alpha value is -2.39. The molecule has 2 aliphatic heterocycles. The van der Waals surface area contributed by atoms with Gasteiger partial charge in [-0.25, -0.2) is 13.5 Å². The van der Waals surface area contributed by atoms with Gasteiger partial charge in [0.25, 0.3) is 5.91 Å². The average molecular weight is 539 g/mol. The second kappa shape index (κ2) is 12.6. The molecule has 2 N–H and O–H groups in total. The maximum Gasteiger partial charge on any atom is 0.269 e. The van der Waals surface area contributed by atoms with Crippen LogP contribution >= 0.6 is 0 Å². The third-order valence-electron chi connectivity index (χ3n) is 7.20. The summed E-state index contributed by atoms with van der Waals surface area (Å²) in [5, 5.41) is 13.0. The van der Waals surface area contributed by atoms with Crippen LogP contribution in [0.15, 0.2) is 36.4 Å². The molecule has 38 heavy (non-hydrogen) atoms. The Labute approximate surface area is 229 Å². The molecule has 0 unspecified atom stereocenters. The van der Waals surface area contributed by atoms with Gasteiger partial charge < -0.3 is 15.3 Å². The normalized spacial score (nSPS) is 19.6. The summed E-state index contributed by atoms with van der Waals surface area (Å²) in [5.41, 5.74) is 4.96. The molecule has 1 aromatic heterocycles. The number of carbonyl (C=O) groups is 1. The predicted molar refractivity (Wildman–Crippen MR) is 155 cm³/mol. The van der Waals surface area contributed by atoms with Crippen LogP contribution in [-0.4, -0.2) is 66.9 Å². The zero-order valence-electron chi connectivity index (χ0n) is 23.2. The Kier molecular flexibility index (Phi) is 9.52. The van der Waals surface area contributed by atoms with Gasteiger partial charge in [0.05, 0.1) is 16.5 Å². The molecule has 1 saturated heterocycles. The highest BCUT2D eigenvalue weighted by atomic mass is 32.2. The lowest BCUT2D eigenvalue weighted by atomic mass is 9.95. The van der Waals surface area contributed by atoms with Crippen molar-refractivity contribution < 1.29 is 14.1 Å². The highest BCUT2D eigenvalue weighted by Gasteiger charge is 2.40. The van der Waals surface area contributed by atoms with E-state index in [1.54, 1.807) is 0 Å². The number of rotatable bonds is 9. The molecule has 2 atom stereocenters. The van der Waals surface area contributed by atoms with Gasteiger partial charge in [0.15, 0.2) is 0 Å². The van der Waals surface area contributed by atoms with Crippen molar-refractivity contribution in [2.75, 3.05) is 32.8 Å². The number of hydrogen-bond donors (Lipinski definition) is 2. The van der Waals surface area contributed by atoms with Gasteiger partial charge in [-0.1, -0.05) is 36.8 Å². The molecule has 0 saturated carbocycles. The van der Waals surface area contributed by atoms with Gasteiger partial charge in [0, 0.05) is 37.4 Å². The van der Waals surface area contributed by atoms with E-state index < -0.39 is 15.7 Å². The van der Waals surface area contributed by atoms with E-state index in [-0.39, 0.29) is 18.6 Å². The number of pyridine rings is 1. The maximum absolute atomic E-state index is 13.6. The first-order valence-electron chi connectivity index (χ1n) is 13.8. The Morgan fingerprint density at radius 2 is 1.97 bits per heavy atom. The number of nitrogens with zero attached hydrogens (tertiary/aromatic N) is 3. The van der Waals surface area contributed by atoms with Crippen LogP contribution in [0, 0.1) is 0 Å². The van der Waals surface area contributed by atoms with E-state index in [9.17, 15) is 14.1 Å². The van der Waals surface area contributed by atoms with E-state index >= 15 is 0 Å². The first-order valence-corrected chi connectivity index (χ1v) is 14.9. The standard InChI is InChI=1S/C30H42N4O3S/c1-5-10-22-11-9-12-23(19-22)28-27-24(21-34(26(27)13-18-35)38(37)30(2,3)4)20-25(32-28)29(36)31-14-17-33-15-7-6-8-16-33/h5,9-12,19-20,26,35H,6-8,13-18,21H2,1-4H3,(H,31,36)/b10-5+/t26-,38-/m0/s1. The molecule has 1 amide bonds. The van der Waals surface area contributed by atoms with Crippen molar-refractivity contribution in [3.63, 3.8) is 0 Å². The molecule has 206 valence electrons. The molecule has 0 bridgehead atoms. The van der Waals surface area contributed by atoms with E-state index in [2.05, 4.69) is 16.3 Å². The highest BCUT2D eigenvalue weighted by molar-refractivity contribution is 7.84. The average Bonchev–Trinajstić information content (AvgIpc) is 3.26. The van der Waals surface area contributed by atoms with E-state index in [1.165, 1.54) is 19.3 Å². The Morgan fingerprint density at radius 1 is 1.21 bits per heavy atom. The van der Waals surface area contributed by atoms with Crippen LogP contribution in [-0.2, 0) is 17.5 Å². The third kappa shape index (κ3) is 6.60. The van der Waals surface area contributed by atoms with Crippen molar-refractivity contribution in [1.82, 2.24) is 19.5 Å². The molecule has 0 radical (unpaired) electrons. The van der Waals surface area contributed by atoms with Crippen molar-refractivity contribution in [2.45, 2.75) is 70.7 Å². The minimum Gasteiger partial charge on any atom is -0.396 e. The van der Waals surface area contributed by atoms with Crippen LogP contribution in [0.1, 0.15) is 86.6 Å². The van der Waals surface area contributed by atoms with E-state index in [0.29, 0.717) is 25.2 Å². The van der Waals surface area contributed by atoms with Gasteiger partial charge in [-0.15, -0.1) is 0 Å². The monoisotopic (exact) mass is 538 g/mol. The smallest absolute Gasteiger partial charge is 0.269 e. The molecule has 2 aromatic rings. The lowest BCUT2D eigenvalue weighted by Gasteiger charge is -2.30. The summed E-state index contributed by atoms with van der Waals surface area (Å²) >= 11 is 0. The summed E-state index contributed by atoms with van der Waals surface area (Å²) in [6, 6.07) is 9.71. The van der Waals surface area contributed by atoms with E-state index in [0.717, 1.165) is 47.6 Å². The Morgan fingerprint density at radius 3 is 2.66 bits per heavy atom. The van der Waals surface area contributed by atoms with E-state index in [4.69, 9.17) is 4.98 Å². The van der Waals surface area contributed by atoms with Crippen LogP contribution < -0.4 is 5.32 Å². The first kappa shape index (κ1) is 28.6. The quantitative estimate of drug-likeness (QED) is 0.484. The number of carbonyl (C=O) groups excluding carboxylic acids is 1. The van der Waals surface area contributed by atoms with E-state index in [1.807, 2.05) is 68.4 Å².